The van der Waals surface area contributed by atoms with Crippen molar-refractivity contribution in [3.8, 4) is 0 Å². The van der Waals surface area contributed by atoms with Gasteiger partial charge in [0, 0.05) is 23.7 Å². The monoisotopic (exact) mass is 363 g/mol. The summed E-state index contributed by atoms with van der Waals surface area (Å²) < 4.78 is 0. The molecule has 2 unspecified atom stereocenters. The van der Waals surface area contributed by atoms with Gasteiger partial charge in [0.2, 0.25) is 11.8 Å². The summed E-state index contributed by atoms with van der Waals surface area (Å²) in [5.41, 5.74) is 11.1. The molecule has 27 heavy (non-hydrogen) atoms. The van der Waals surface area contributed by atoms with Crippen LogP contribution in [0.25, 0.3) is 0 Å². The van der Waals surface area contributed by atoms with Crippen LogP contribution >= 0.6 is 0 Å². The number of fused-ring (bicyclic) bond motifs is 2. The molecule has 0 saturated carbocycles. The summed E-state index contributed by atoms with van der Waals surface area (Å²) in [5.74, 6) is -0.125. The third-order valence-electron chi connectivity index (χ3n) is 5.65. The molecule has 4 N–H and O–H groups in total. The average Bonchev–Trinajstić information content (AvgIpc) is 2.66. The summed E-state index contributed by atoms with van der Waals surface area (Å²) in [6.07, 6.45) is 4.62. The normalized spacial score (nSPS) is 21.0. The van der Waals surface area contributed by atoms with Gasteiger partial charge in [-0.25, -0.2) is 0 Å². The number of carbonyl (C=O) groups excluding carboxylic acids is 2. The fraction of sp³-hybridized carbons (Fsp3) is 0.364. The number of nitrogens with one attached hydrogen (secondary N) is 2. The first kappa shape index (κ1) is 17.6. The molecular formula is C22H25N3O2. The molecule has 1 heterocycles. The van der Waals surface area contributed by atoms with E-state index in [-0.39, 0.29) is 23.8 Å². The lowest BCUT2D eigenvalue weighted by Gasteiger charge is -2.27. The predicted molar refractivity (Wildman–Crippen MR) is 106 cm³/mol. The molecule has 5 nitrogen and oxygen atoms in total. The molecule has 140 valence electrons. The SMILES string of the molecule is Nc1ccc2c(c1)CCCC2NC(=O)CCC1Cc2ccccc2NC1=O. The van der Waals surface area contributed by atoms with Crippen LogP contribution in [-0.2, 0) is 22.4 Å². The number of hydrogen-bond donors (Lipinski definition) is 3. The molecule has 0 radical (unpaired) electrons. The molecule has 0 spiro atoms. The zero-order valence-corrected chi connectivity index (χ0v) is 15.3. The second-order valence-electron chi connectivity index (χ2n) is 7.56. The maximum atomic E-state index is 12.5. The summed E-state index contributed by atoms with van der Waals surface area (Å²) >= 11 is 0. The summed E-state index contributed by atoms with van der Waals surface area (Å²) in [6.45, 7) is 0. The van der Waals surface area contributed by atoms with Crippen molar-refractivity contribution in [3.63, 3.8) is 0 Å². The Labute approximate surface area is 159 Å². The van der Waals surface area contributed by atoms with Crippen molar-refractivity contribution in [3.05, 3.63) is 59.2 Å². The molecule has 4 rings (SSSR count). The second kappa shape index (κ2) is 7.43. The quantitative estimate of drug-likeness (QED) is 0.728. The summed E-state index contributed by atoms with van der Waals surface area (Å²) in [7, 11) is 0. The third-order valence-corrected chi connectivity index (χ3v) is 5.65. The van der Waals surface area contributed by atoms with Crippen LogP contribution in [0, 0.1) is 5.92 Å². The van der Waals surface area contributed by atoms with E-state index in [1.807, 2.05) is 42.5 Å². The van der Waals surface area contributed by atoms with Gasteiger partial charge >= 0.3 is 0 Å². The topological polar surface area (TPSA) is 84.2 Å². The molecule has 1 aliphatic heterocycles. The van der Waals surface area contributed by atoms with Crippen LogP contribution in [0.15, 0.2) is 42.5 Å². The zero-order valence-electron chi connectivity index (χ0n) is 15.3. The minimum atomic E-state index is -0.149. The van der Waals surface area contributed by atoms with Gasteiger partial charge in [-0.2, -0.15) is 0 Å². The Morgan fingerprint density at radius 1 is 1.19 bits per heavy atom. The van der Waals surface area contributed by atoms with Gasteiger partial charge in [0.05, 0.1) is 6.04 Å². The number of para-hydroxylation sites is 1. The van der Waals surface area contributed by atoms with Crippen molar-refractivity contribution in [1.82, 2.24) is 5.32 Å². The summed E-state index contributed by atoms with van der Waals surface area (Å²) in [4.78, 5) is 24.8. The fourth-order valence-corrected chi connectivity index (χ4v) is 4.20. The van der Waals surface area contributed by atoms with Crippen molar-refractivity contribution in [1.29, 1.82) is 0 Å². The molecule has 0 aromatic heterocycles. The van der Waals surface area contributed by atoms with E-state index in [4.69, 9.17) is 5.73 Å². The van der Waals surface area contributed by atoms with E-state index in [1.165, 1.54) is 11.1 Å². The minimum Gasteiger partial charge on any atom is -0.399 e. The highest BCUT2D eigenvalue weighted by molar-refractivity contribution is 5.96. The molecule has 0 bridgehead atoms. The van der Waals surface area contributed by atoms with Gasteiger partial charge in [0.1, 0.15) is 0 Å². The molecular weight excluding hydrogens is 338 g/mol. The van der Waals surface area contributed by atoms with Gasteiger partial charge in [-0.3, -0.25) is 9.59 Å². The number of nitrogen functional groups attached to an aromatic ring is 1. The van der Waals surface area contributed by atoms with Crippen LogP contribution in [0.1, 0.15) is 48.4 Å². The van der Waals surface area contributed by atoms with Crippen LogP contribution in [-0.4, -0.2) is 11.8 Å². The van der Waals surface area contributed by atoms with E-state index in [9.17, 15) is 9.59 Å². The number of hydrogen-bond acceptors (Lipinski definition) is 3. The number of nitrogens with two attached hydrogens (primary N) is 1. The molecule has 2 aliphatic rings. The lowest BCUT2D eigenvalue weighted by atomic mass is 9.87. The number of carbonyl (C=O) groups is 2. The van der Waals surface area contributed by atoms with Crippen molar-refractivity contribution in [2.24, 2.45) is 5.92 Å². The van der Waals surface area contributed by atoms with Gasteiger partial charge < -0.3 is 16.4 Å². The number of aryl methyl sites for hydroxylation is 1. The van der Waals surface area contributed by atoms with Crippen molar-refractivity contribution >= 4 is 23.2 Å². The first-order valence-electron chi connectivity index (χ1n) is 9.66. The molecule has 2 atom stereocenters. The summed E-state index contributed by atoms with van der Waals surface area (Å²) in [5, 5.41) is 6.11. The molecule has 2 amide bonds. The molecule has 0 saturated heterocycles. The Morgan fingerprint density at radius 3 is 2.93 bits per heavy atom. The van der Waals surface area contributed by atoms with E-state index in [0.717, 1.165) is 36.2 Å². The fourth-order valence-electron chi connectivity index (χ4n) is 4.20. The highest BCUT2D eigenvalue weighted by atomic mass is 16.2. The molecule has 2 aromatic carbocycles. The van der Waals surface area contributed by atoms with Crippen LogP contribution < -0.4 is 16.4 Å². The first-order valence-corrected chi connectivity index (χ1v) is 9.66. The highest BCUT2D eigenvalue weighted by Crippen LogP contribution is 2.31. The van der Waals surface area contributed by atoms with Gasteiger partial charge in [-0.1, -0.05) is 24.3 Å². The maximum Gasteiger partial charge on any atom is 0.227 e. The lowest BCUT2D eigenvalue weighted by molar-refractivity contribution is -0.123. The van der Waals surface area contributed by atoms with Gasteiger partial charge in [-0.15, -0.1) is 0 Å². The maximum absolute atomic E-state index is 12.5. The van der Waals surface area contributed by atoms with E-state index in [2.05, 4.69) is 10.6 Å². The molecule has 5 heteroatoms. The summed E-state index contributed by atoms with van der Waals surface area (Å²) in [6, 6.07) is 13.8. The Kier molecular flexibility index (Phi) is 4.84. The van der Waals surface area contributed by atoms with Gasteiger partial charge in [0.15, 0.2) is 0 Å². The van der Waals surface area contributed by atoms with Gasteiger partial charge in [-0.05, 0) is 67.0 Å². The standard InChI is InChI=1S/C22H25N3O2/c23-17-9-10-18-14(13-17)5-3-7-20(18)24-21(26)11-8-16-12-15-4-1-2-6-19(15)25-22(16)27/h1-2,4,6,9-10,13,16,20H,3,5,7-8,11-12,23H2,(H,24,26)(H,25,27). The zero-order chi connectivity index (χ0) is 18.8. The van der Waals surface area contributed by atoms with Crippen molar-refractivity contribution in [2.75, 3.05) is 11.1 Å². The second-order valence-corrected chi connectivity index (χ2v) is 7.56. The van der Waals surface area contributed by atoms with Crippen LogP contribution in [0.2, 0.25) is 0 Å². The Morgan fingerprint density at radius 2 is 2.04 bits per heavy atom. The number of rotatable bonds is 4. The Hall–Kier alpha value is -2.82. The van der Waals surface area contributed by atoms with E-state index < -0.39 is 0 Å². The van der Waals surface area contributed by atoms with Crippen molar-refractivity contribution in [2.45, 2.75) is 44.6 Å². The van der Waals surface area contributed by atoms with Crippen molar-refractivity contribution < 1.29 is 9.59 Å². The van der Waals surface area contributed by atoms with Crippen LogP contribution in [0.4, 0.5) is 11.4 Å². The van der Waals surface area contributed by atoms with Crippen LogP contribution in [0.5, 0.6) is 0 Å². The molecule has 2 aromatic rings. The van der Waals surface area contributed by atoms with E-state index in [1.54, 1.807) is 0 Å². The molecule has 1 aliphatic carbocycles. The predicted octanol–water partition coefficient (Wildman–Crippen LogP) is 3.35. The lowest BCUT2D eigenvalue weighted by Crippen LogP contribution is -2.33. The minimum absolute atomic E-state index is 0.0105. The average molecular weight is 363 g/mol. The Balaban J connectivity index is 1.35. The smallest absolute Gasteiger partial charge is 0.227 e. The van der Waals surface area contributed by atoms with E-state index >= 15 is 0 Å². The number of amides is 2. The molecule has 0 fully saturated rings. The first-order chi connectivity index (χ1) is 13.1. The Bertz CT molecular complexity index is 878. The third kappa shape index (κ3) is 3.82. The highest BCUT2D eigenvalue weighted by Gasteiger charge is 2.27. The largest absolute Gasteiger partial charge is 0.399 e. The number of benzene rings is 2. The van der Waals surface area contributed by atoms with Gasteiger partial charge in [0.25, 0.3) is 0 Å². The van der Waals surface area contributed by atoms with E-state index in [0.29, 0.717) is 19.3 Å². The number of anilines is 2. The van der Waals surface area contributed by atoms with Crippen LogP contribution in [0.3, 0.4) is 0 Å².